The Morgan fingerprint density at radius 1 is 0.622 bits per heavy atom. The van der Waals surface area contributed by atoms with E-state index in [1.807, 2.05) is 0 Å². The molecule has 0 aromatic heterocycles. The van der Waals surface area contributed by atoms with E-state index in [2.05, 4.69) is 105 Å². The molecule has 2 amide bonds. The van der Waals surface area contributed by atoms with E-state index in [-0.39, 0.29) is 73.7 Å². The molecular weight excluding hydrogens is 1170 g/mol. The zero-order valence-corrected chi connectivity index (χ0v) is 54.6. The Labute approximate surface area is 514 Å². The monoisotopic (exact) mass is 1250 g/mol. The lowest BCUT2D eigenvalue weighted by molar-refractivity contribution is -0.238. The summed E-state index contributed by atoms with van der Waals surface area (Å²) in [5, 5.41) is 4.43. The van der Waals surface area contributed by atoms with Crippen molar-refractivity contribution in [3.05, 3.63) is 51.6 Å². The van der Waals surface area contributed by atoms with Crippen LogP contribution in [0.15, 0.2) is 18.2 Å². The maximum absolute atomic E-state index is 13.8. The van der Waals surface area contributed by atoms with Gasteiger partial charge in [0.2, 0.25) is 0 Å². The number of rotatable bonds is 4. The van der Waals surface area contributed by atoms with E-state index in [1.54, 1.807) is 13.0 Å². The van der Waals surface area contributed by atoms with Crippen molar-refractivity contribution in [2.75, 3.05) is 7.11 Å². The number of nitrogens with one attached hydrogen (secondary N) is 2. The normalized spacial score (nSPS) is 42.0. The van der Waals surface area contributed by atoms with Gasteiger partial charge in [0.15, 0.2) is 29.1 Å². The average Bonchev–Trinajstić information content (AvgIpc) is 1.76. The Morgan fingerprint density at radius 2 is 1.17 bits per heavy atom. The van der Waals surface area contributed by atoms with E-state index in [0.29, 0.717) is 35.8 Å². The average molecular weight is 1250 g/mol. The summed E-state index contributed by atoms with van der Waals surface area (Å²) in [5.41, 5.74) is 2.61. The fraction of sp³-hybridized carbons (Fsp3) is 0.719. The van der Waals surface area contributed by atoms with Crippen molar-refractivity contribution in [2.45, 2.75) is 216 Å². The first kappa shape index (κ1) is 60.7. The molecule has 6 saturated carbocycles. The van der Waals surface area contributed by atoms with Crippen molar-refractivity contribution in [3.63, 3.8) is 0 Å². The minimum absolute atomic E-state index is 0.0211. The number of halogens is 6. The van der Waals surface area contributed by atoms with Gasteiger partial charge in [-0.2, -0.15) is 0 Å². The molecule has 450 valence electrons. The van der Waals surface area contributed by atoms with Crippen molar-refractivity contribution in [1.82, 2.24) is 10.6 Å². The Bertz CT molecular complexity index is 3110. The summed E-state index contributed by atoms with van der Waals surface area (Å²) < 4.78 is 34.9. The molecular formula is C64H82Cl6N2O10. The van der Waals surface area contributed by atoms with Crippen molar-refractivity contribution in [2.24, 2.45) is 61.6 Å². The van der Waals surface area contributed by atoms with Crippen LogP contribution in [0.1, 0.15) is 206 Å². The zero-order chi connectivity index (χ0) is 59.9. The second-order valence-electron chi connectivity index (χ2n) is 29.5. The minimum Gasteiger partial charge on any atom is -0.482 e. The van der Waals surface area contributed by atoms with Crippen LogP contribution in [-0.4, -0.2) is 50.8 Å². The van der Waals surface area contributed by atoms with Gasteiger partial charge in [-0.25, -0.2) is 9.59 Å². The molecule has 1 heterocycles. The van der Waals surface area contributed by atoms with Crippen LogP contribution >= 0.6 is 69.6 Å². The summed E-state index contributed by atoms with van der Waals surface area (Å²) in [7, 11) is 1.49. The van der Waals surface area contributed by atoms with Gasteiger partial charge in [-0.05, 0) is 197 Å². The lowest BCUT2D eigenvalue weighted by atomic mass is 9.32. The fourth-order valence-corrected chi connectivity index (χ4v) is 20.9. The van der Waals surface area contributed by atoms with Crippen LogP contribution in [0.3, 0.4) is 0 Å². The number of allylic oxidation sites excluding steroid dienone is 1. The zero-order valence-electron chi connectivity index (χ0n) is 50.0. The molecule has 0 radical (unpaired) electrons. The van der Waals surface area contributed by atoms with Crippen LogP contribution in [0, 0.1) is 75.4 Å². The SMILES string of the molecule is COC(=O)[C@]1(C)CC[C@]2(C)CC[C@]3(C)[C@H]4[C@@H]5Oc6c(cc7c(c6C)C=C[C@H]6[C@@]7(C)CC[C@@]7(C)[C@@H]8C[C@](C)(OC(C)=O)CC[C@]8(C)CC[C@]67C)O[C@@H]5c5c(cc(OC(=O)NC(Cl)(Cl)Cl)c(OC(=O)NC(Cl)(Cl)Cl)c5C)[C@]4(C)CC[C@@]3(C)[C@@H]2C1. The first-order chi connectivity index (χ1) is 37.8. The summed E-state index contributed by atoms with van der Waals surface area (Å²) in [6.45, 7) is 29.4. The van der Waals surface area contributed by atoms with E-state index in [9.17, 15) is 19.2 Å². The first-order valence-electron chi connectivity index (χ1n) is 29.6. The third-order valence-electron chi connectivity index (χ3n) is 25.2. The standard InChI is InChI=1S/C64H82Cl6N2O10/c1-33-36-15-16-41-57(8,23-27-60(11)43-32-56(7,82-35(3)73)22-19-54(43,5)20-25-59(41,60)10)37(36)29-39-45(33)80-48-47(78-39)44-34(2)46(81-52(76)72-64(68,69)70)40(79-51(75)71-63(65,66)67)30-38(44)58(9)24-28-61(12)42-31-55(6,50(74)77-14)18-17-53(42,4)21-26-62(61,13)49(48)58/h15-16,29-30,41-43,47-49H,17-28,31-32H2,1-14H3,(H,71,75)(H,72,76)/t41-,42+,43+,47+,48+,49-,53+,54+,55+,56+,57-,58-,59+,60-,61-,62+/m0/s1. The van der Waals surface area contributed by atoms with E-state index in [0.717, 1.165) is 99.3 Å². The molecule has 16 atom stereocenters. The number of carbonyl (C=O) groups excluding carboxylic acids is 4. The molecule has 6 fully saturated rings. The molecule has 9 aliphatic rings. The molecule has 0 bridgehead atoms. The largest absolute Gasteiger partial charge is 0.482 e. The highest BCUT2D eigenvalue weighted by atomic mass is 35.6. The number of hydrogen-bond acceptors (Lipinski definition) is 10. The third-order valence-corrected chi connectivity index (χ3v) is 25.8. The van der Waals surface area contributed by atoms with Crippen LogP contribution in [0.25, 0.3) is 6.08 Å². The summed E-state index contributed by atoms with van der Waals surface area (Å²) in [6, 6.07) is 4.02. The number of esters is 2. The first-order valence-corrected chi connectivity index (χ1v) is 31.8. The van der Waals surface area contributed by atoms with E-state index in [4.69, 9.17) is 98.0 Å². The molecule has 2 N–H and O–H groups in total. The molecule has 0 unspecified atom stereocenters. The van der Waals surface area contributed by atoms with E-state index < -0.39 is 54.1 Å². The second-order valence-corrected chi connectivity index (χ2v) is 34.0. The maximum atomic E-state index is 13.8. The summed E-state index contributed by atoms with van der Waals surface area (Å²) in [6.07, 6.45) is 13.9. The molecule has 0 saturated heterocycles. The van der Waals surface area contributed by atoms with Crippen LogP contribution in [0.4, 0.5) is 9.59 Å². The molecule has 11 rings (SSSR count). The number of carbonyl (C=O) groups is 4. The Hall–Kier alpha value is -3.00. The smallest absolute Gasteiger partial charge is 0.416 e. The second kappa shape index (κ2) is 19.2. The summed E-state index contributed by atoms with van der Waals surface area (Å²) in [4.78, 5) is 53.7. The van der Waals surface area contributed by atoms with Crippen LogP contribution < -0.4 is 29.6 Å². The highest BCUT2D eigenvalue weighted by Gasteiger charge is 2.73. The van der Waals surface area contributed by atoms with Gasteiger partial charge in [0.1, 0.15) is 11.7 Å². The number of methoxy groups -OCH3 is 1. The predicted octanol–water partition coefficient (Wildman–Crippen LogP) is 17.1. The van der Waals surface area contributed by atoms with Crippen molar-refractivity contribution >= 4 is 99.8 Å². The molecule has 18 heteroatoms. The van der Waals surface area contributed by atoms with Crippen LogP contribution in [0.2, 0.25) is 0 Å². The highest BCUT2D eigenvalue weighted by molar-refractivity contribution is 6.68. The maximum Gasteiger partial charge on any atom is 0.416 e. The summed E-state index contributed by atoms with van der Waals surface area (Å²) in [5.74, 6) is 1.19. The lowest BCUT2D eigenvalue weighted by Gasteiger charge is -2.73. The minimum atomic E-state index is -2.24. The van der Waals surface area contributed by atoms with Crippen molar-refractivity contribution in [3.8, 4) is 23.0 Å². The molecule has 2 aromatic carbocycles. The predicted molar refractivity (Wildman–Crippen MR) is 320 cm³/mol. The van der Waals surface area contributed by atoms with Gasteiger partial charge in [0, 0.05) is 40.4 Å². The van der Waals surface area contributed by atoms with Gasteiger partial charge >= 0.3 is 24.1 Å². The van der Waals surface area contributed by atoms with Crippen molar-refractivity contribution in [1.29, 1.82) is 0 Å². The molecule has 1 aliphatic heterocycles. The van der Waals surface area contributed by atoms with Gasteiger partial charge < -0.3 is 28.4 Å². The molecule has 12 nitrogen and oxygen atoms in total. The lowest BCUT2D eigenvalue weighted by Crippen LogP contribution is -2.69. The molecule has 8 aliphatic carbocycles. The third kappa shape index (κ3) is 8.94. The van der Waals surface area contributed by atoms with E-state index >= 15 is 0 Å². The van der Waals surface area contributed by atoms with Gasteiger partial charge in [-0.15, -0.1) is 0 Å². The number of fused-ring (bicyclic) bond motifs is 18. The van der Waals surface area contributed by atoms with E-state index in [1.165, 1.54) is 19.6 Å². The molecule has 82 heavy (non-hydrogen) atoms. The van der Waals surface area contributed by atoms with Gasteiger partial charge in [-0.1, -0.05) is 137 Å². The topological polar surface area (TPSA) is 148 Å². The van der Waals surface area contributed by atoms with Crippen LogP contribution in [0.5, 0.6) is 23.0 Å². The number of alkyl halides is 6. The molecule has 0 spiro atoms. The fourth-order valence-electron chi connectivity index (χ4n) is 20.5. The van der Waals surface area contributed by atoms with Crippen LogP contribution in [-0.2, 0) is 29.9 Å². The van der Waals surface area contributed by atoms with Gasteiger partial charge in [0.25, 0.3) is 7.83 Å². The quantitative estimate of drug-likeness (QED) is 0.172. The molecule has 2 aromatic rings. The Morgan fingerprint density at radius 3 is 1.78 bits per heavy atom. The summed E-state index contributed by atoms with van der Waals surface area (Å²) >= 11 is 36.4. The van der Waals surface area contributed by atoms with Gasteiger partial charge in [0.05, 0.1) is 12.5 Å². The Kier molecular flexibility index (Phi) is 14.2. The number of benzene rings is 2. The van der Waals surface area contributed by atoms with Crippen molar-refractivity contribution < 1.29 is 47.6 Å². The number of hydrogen-bond donors (Lipinski definition) is 2. The highest BCUT2D eigenvalue weighted by Crippen LogP contribution is 2.79. The number of ether oxygens (including phenoxy) is 6. The Balaban J connectivity index is 1.07. The van der Waals surface area contributed by atoms with Gasteiger partial charge in [-0.3, -0.25) is 20.2 Å². The number of amides is 2.